The highest BCUT2D eigenvalue weighted by molar-refractivity contribution is 5.85. The van der Waals surface area contributed by atoms with Gasteiger partial charge < -0.3 is 11.1 Å². The molecule has 0 saturated heterocycles. The largest absolute Gasteiger partial charge is 0.354 e. The summed E-state index contributed by atoms with van der Waals surface area (Å²) in [5.74, 6) is -0.276. The van der Waals surface area contributed by atoms with E-state index in [1.807, 2.05) is 6.92 Å². The van der Waals surface area contributed by atoms with Crippen LogP contribution in [-0.2, 0) is 4.79 Å². The molecule has 0 fully saturated rings. The molecule has 1 atom stereocenters. The highest BCUT2D eigenvalue weighted by Gasteiger charge is 2.06. The molecule has 0 aliphatic rings. The summed E-state index contributed by atoms with van der Waals surface area (Å²) in [6.45, 7) is 2.47. The Balaban J connectivity index is 0.00000225. The van der Waals surface area contributed by atoms with Gasteiger partial charge in [0.15, 0.2) is 0 Å². The van der Waals surface area contributed by atoms with Gasteiger partial charge in [-0.3, -0.25) is 4.79 Å². The zero-order chi connectivity index (χ0) is 11.3. The Bertz CT molecular complexity index is 329. The molecule has 0 aromatic heterocycles. The number of amides is 1. The van der Waals surface area contributed by atoms with Gasteiger partial charge in [-0.05, 0) is 23.6 Å². The summed E-state index contributed by atoms with van der Waals surface area (Å²) < 4.78 is 12.6. The topological polar surface area (TPSA) is 55.1 Å². The van der Waals surface area contributed by atoms with Gasteiger partial charge in [-0.2, -0.15) is 0 Å². The molecule has 0 radical (unpaired) electrons. The maximum Gasteiger partial charge on any atom is 0.233 e. The highest BCUT2D eigenvalue weighted by atomic mass is 35.5. The molecule has 0 bridgehead atoms. The quantitative estimate of drug-likeness (QED) is 0.845. The number of halogens is 2. The standard InChI is InChI=1S/C11H15FN2O.ClH/c1-8(7-14-11(15)6-13)9-2-4-10(12)5-3-9;/h2-5,8H,6-7,13H2,1H3,(H,14,15);1H. The van der Waals surface area contributed by atoms with Crippen molar-refractivity contribution < 1.29 is 9.18 Å². The van der Waals surface area contributed by atoms with E-state index in [1.165, 1.54) is 12.1 Å². The average Bonchev–Trinajstić information content (AvgIpc) is 2.26. The van der Waals surface area contributed by atoms with E-state index in [0.717, 1.165) is 5.56 Å². The number of nitrogens with one attached hydrogen (secondary N) is 1. The molecule has 0 aliphatic heterocycles. The second-order valence-electron chi connectivity index (χ2n) is 3.46. The van der Waals surface area contributed by atoms with Crippen molar-refractivity contribution in [2.24, 2.45) is 5.73 Å². The zero-order valence-electron chi connectivity index (χ0n) is 9.07. The van der Waals surface area contributed by atoms with E-state index in [9.17, 15) is 9.18 Å². The number of hydrogen-bond donors (Lipinski definition) is 2. The minimum Gasteiger partial charge on any atom is -0.354 e. The molecule has 1 rings (SSSR count). The van der Waals surface area contributed by atoms with Gasteiger partial charge >= 0.3 is 0 Å². The molecule has 1 amide bonds. The van der Waals surface area contributed by atoms with Crippen LogP contribution in [0.25, 0.3) is 0 Å². The third-order valence-electron chi connectivity index (χ3n) is 2.23. The summed E-state index contributed by atoms with van der Waals surface area (Å²) >= 11 is 0. The first-order chi connectivity index (χ1) is 7.13. The van der Waals surface area contributed by atoms with E-state index >= 15 is 0 Å². The van der Waals surface area contributed by atoms with Gasteiger partial charge in [-0.15, -0.1) is 12.4 Å². The molecule has 16 heavy (non-hydrogen) atoms. The maximum absolute atomic E-state index is 12.6. The van der Waals surface area contributed by atoms with E-state index < -0.39 is 0 Å². The second kappa shape index (κ2) is 7.19. The monoisotopic (exact) mass is 246 g/mol. The van der Waals surface area contributed by atoms with Gasteiger partial charge in [0.1, 0.15) is 5.82 Å². The lowest BCUT2D eigenvalue weighted by Gasteiger charge is -2.12. The third kappa shape index (κ3) is 4.59. The van der Waals surface area contributed by atoms with Crippen LogP contribution in [0.15, 0.2) is 24.3 Å². The van der Waals surface area contributed by atoms with Crippen molar-refractivity contribution >= 4 is 18.3 Å². The van der Waals surface area contributed by atoms with Crippen LogP contribution in [0.3, 0.4) is 0 Å². The van der Waals surface area contributed by atoms with E-state index in [-0.39, 0.29) is 36.6 Å². The van der Waals surface area contributed by atoms with E-state index in [0.29, 0.717) is 6.54 Å². The van der Waals surface area contributed by atoms with E-state index in [2.05, 4.69) is 5.32 Å². The Morgan fingerprint density at radius 1 is 1.44 bits per heavy atom. The van der Waals surface area contributed by atoms with Crippen molar-refractivity contribution in [2.45, 2.75) is 12.8 Å². The zero-order valence-corrected chi connectivity index (χ0v) is 9.89. The fourth-order valence-corrected chi connectivity index (χ4v) is 1.25. The van der Waals surface area contributed by atoms with Crippen LogP contribution in [0.5, 0.6) is 0 Å². The number of carbonyl (C=O) groups is 1. The van der Waals surface area contributed by atoms with Crippen LogP contribution < -0.4 is 11.1 Å². The second-order valence-corrected chi connectivity index (χ2v) is 3.46. The molecular formula is C11H16ClFN2O. The summed E-state index contributed by atoms with van der Waals surface area (Å²) in [7, 11) is 0. The van der Waals surface area contributed by atoms with Crippen molar-refractivity contribution in [3.63, 3.8) is 0 Å². The minimum atomic E-state index is -0.253. The van der Waals surface area contributed by atoms with Gasteiger partial charge in [0.25, 0.3) is 0 Å². The lowest BCUT2D eigenvalue weighted by atomic mass is 10.0. The van der Waals surface area contributed by atoms with E-state index in [1.54, 1.807) is 12.1 Å². The predicted molar refractivity (Wildman–Crippen MR) is 64.1 cm³/mol. The smallest absolute Gasteiger partial charge is 0.233 e. The molecular weight excluding hydrogens is 231 g/mol. The third-order valence-corrected chi connectivity index (χ3v) is 2.23. The molecule has 0 saturated carbocycles. The summed E-state index contributed by atoms with van der Waals surface area (Å²) in [6, 6.07) is 6.26. The molecule has 3 nitrogen and oxygen atoms in total. The molecule has 0 aliphatic carbocycles. The van der Waals surface area contributed by atoms with Crippen molar-refractivity contribution in [2.75, 3.05) is 13.1 Å². The molecule has 5 heteroatoms. The number of rotatable bonds is 4. The molecule has 3 N–H and O–H groups in total. The number of hydrogen-bond acceptors (Lipinski definition) is 2. The van der Waals surface area contributed by atoms with Crippen LogP contribution in [0, 0.1) is 5.82 Å². The van der Waals surface area contributed by atoms with Crippen LogP contribution in [0.2, 0.25) is 0 Å². The van der Waals surface area contributed by atoms with Crippen molar-refractivity contribution in [3.05, 3.63) is 35.6 Å². The van der Waals surface area contributed by atoms with E-state index in [4.69, 9.17) is 5.73 Å². The lowest BCUT2D eigenvalue weighted by Crippen LogP contribution is -2.32. The Morgan fingerprint density at radius 3 is 2.50 bits per heavy atom. The van der Waals surface area contributed by atoms with Crippen molar-refractivity contribution in [3.8, 4) is 0 Å². The molecule has 1 unspecified atom stereocenters. The van der Waals surface area contributed by atoms with Gasteiger partial charge in [0.05, 0.1) is 6.54 Å². The molecule has 1 aromatic rings. The SMILES string of the molecule is CC(CNC(=O)CN)c1ccc(F)cc1.Cl. The summed E-state index contributed by atoms with van der Waals surface area (Å²) in [4.78, 5) is 10.9. The van der Waals surface area contributed by atoms with Crippen molar-refractivity contribution in [1.82, 2.24) is 5.32 Å². The first-order valence-corrected chi connectivity index (χ1v) is 4.85. The van der Waals surface area contributed by atoms with Crippen LogP contribution >= 0.6 is 12.4 Å². The van der Waals surface area contributed by atoms with Crippen molar-refractivity contribution in [1.29, 1.82) is 0 Å². The predicted octanol–water partition coefficient (Wildman–Crippen LogP) is 1.43. The van der Waals surface area contributed by atoms with Crippen LogP contribution in [0.1, 0.15) is 18.4 Å². The summed E-state index contributed by atoms with van der Waals surface area (Å²) in [6.07, 6.45) is 0. The van der Waals surface area contributed by atoms with Gasteiger partial charge in [0.2, 0.25) is 5.91 Å². The summed E-state index contributed by atoms with van der Waals surface area (Å²) in [5.41, 5.74) is 6.15. The fourth-order valence-electron chi connectivity index (χ4n) is 1.25. The van der Waals surface area contributed by atoms with Gasteiger partial charge in [0, 0.05) is 6.54 Å². The maximum atomic E-state index is 12.6. The first-order valence-electron chi connectivity index (χ1n) is 4.85. The number of nitrogens with two attached hydrogens (primary N) is 1. The van der Waals surface area contributed by atoms with Gasteiger partial charge in [-0.25, -0.2) is 4.39 Å². The average molecular weight is 247 g/mol. The molecule has 0 heterocycles. The number of carbonyl (C=O) groups excluding carboxylic acids is 1. The highest BCUT2D eigenvalue weighted by Crippen LogP contribution is 2.14. The van der Waals surface area contributed by atoms with Gasteiger partial charge in [-0.1, -0.05) is 19.1 Å². The fraction of sp³-hybridized carbons (Fsp3) is 0.364. The lowest BCUT2D eigenvalue weighted by molar-refractivity contribution is -0.119. The number of benzene rings is 1. The normalized spacial score (nSPS) is 11.4. The Kier molecular flexibility index (Phi) is 6.69. The summed E-state index contributed by atoms with van der Waals surface area (Å²) in [5, 5.41) is 2.69. The Hall–Kier alpha value is -1.13. The molecule has 90 valence electrons. The minimum absolute atomic E-state index is 0. The first kappa shape index (κ1) is 14.9. The molecule has 0 spiro atoms. The Labute approximate surface area is 101 Å². The molecule has 1 aromatic carbocycles. The van der Waals surface area contributed by atoms with Crippen LogP contribution in [0.4, 0.5) is 4.39 Å². The Morgan fingerprint density at radius 2 is 2.00 bits per heavy atom. The van der Waals surface area contributed by atoms with Crippen LogP contribution in [-0.4, -0.2) is 19.0 Å².